The molecule has 0 radical (unpaired) electrons. The van der Waals surface area contributed by atoms with Crippen molar-refractivity contribution in [1.82, 2.24) is 0 Å². The molecule has 0 saturated carbocycles. The number of carbonyl (C=O) groups is 2. The van der Waals surface area contributed by atoms with E-state index in [4.69, 9.17) is 10.5 Å². The van der Waals surface area contributed by atoms with Crippen LogP contribution in [0.1, 0.15) is 31.2 Å². The van der Waals surface area contributed by atoms with Crippen LogP contribution in [-0.2, 0) is 4.74 Å². The van der Waals surface area contributed by atoms with Gasteiger partial charge < -0.3 is 10.5 Å². The highest BCUT2D eigenvalue weighted by molar-refractivity contribution is 7.11. The van der Waals surface area contributed by atoms with Gasteiger partial charge in [-0.1, -0.05) is 60.7 Å². The standard InChI is InChI=1S/C26H16N2O3S/c27-14-20-18(21-11-6-12-32-21)13-19(25(31-26(20)28)15-7-2-1-3-8-15)22-23(29)16-9-4-5-10-17(16)24(22)30/h1-13,22H,28H2. The number of nitriles is 1. The third-order valence-corrected chi connectivity index (χ3v) is 6.42. The van der Waals surface area contributed by atoms with E-state index in [1.165, 1.54) is 11.3 Å². The maximum absolute atomic E-state index is 13.4. The highest BCUT2D eigenvalue weighted by Crippen LogP contribution is 2.42. The lowest BCUT2D eigenvalue weighted by atomic mass is 9.88. The van der Waals surface area contributed by atoms with Crippen LogP contribution in [0.5, 0.6) is 0 Å². The first-order valence-corrected chi connectivity index (χ1v) is 10.8. The Kier molecular flexibility index (Phi) is 4.81. The molecule has 0 unspecified atom stereocenters. The van der Waals surface area contributed by atoms with Gasteiger partial charge in [0.25, 0.3) is 0 Å². The quantitative estimate of drug-likeness (QED) is 0.586. The fourth-order valence-corrected chi connectivity index (χ4v) is 4.79. The minimum absolute atomic E-state index is 0.0728. The lowest BCUT2D eigenvalue weighted by Crippen LogP contribution is -2.19. The number of nitrogens with two attached hydrogens (primary N) is 1. The molecule has 2 N–H and O–H groups in total. The van der Waals surface area contributed by atoms with Crippen molar-refractivity contribution in [1.29, 1.82) is 5.26 Å². The van der Waals surface area contributed by atoms with Crippen molar-refractivity contribution < 1.29 is 14.3 Å². The molecule has 0 bridgehead atoms. The molecule has 0 saturated heterocycles. The third kappa shape index (κ3) is 3.08. The van der Waals surface area contributed by atoms with Crippen LogP contribution >= 0.6 is 11.3 Å². The van der Waals surface area contributed by atoms with Crippen LogP contribution in [-0.4, -0.2) is 11.6 Å². The molecule has 5 rings (SSSR count). The van der Waals surface area contributed by atoms with Crippen LogP contribution in [0.25, 0.3) is 11.3 Å². The Balaban J connectivity index is 1.80. The van der Waals surface area contributed by atoms with E-state index in [1.54, 1.807) is 30.3 Å². The van der Waals surface area contributed by atoms with Gasteiger partial charge in [-0.05, 0) is 17.5 Å². The molecule has 0 atom stereocenters. The number of thiophene rings is 1. The van der Waals surface area contributed by atoms with Gasteiger partial charge in [0.1, 0.15) is 23.3 Å². The number of rotatable bonds is 3. The molecule has 3 aromatic rings. The zero-order valence-electron chi connectivity index (χ0n) is 16.7. The summed E-state index contributed by atoms with van der Waals surface area (Å²) in [4.78, 5) is 27.5. The number of benzene rings is 2. The molecule has 32 heavy (non-hydrogen) atoms. The highest BCUT2D eigenvalue weighted by atomic mass is 32.1. The zero-order chi connectivity index (χ0) is 22.2. The maximum Gasteiger partial charge on any atom is 0.209 e. The van der Waals surface area contributed by atoms with Crippen molar-refractivity contribution in [2.24, 2.45) is 11.7 Å². The van der Waals surface area contributed by atoms with E-state index < -0.39 is 5.92 Å². The van der Waals surface area contributed by atoms with Crippen LogP contribution in [0.3, 0.4) is 0 Å². The summed E-state index contributed by atoms with van der Waals surface area (Å²) in [5.74, 6) is -1.45. The largest absolute Gasteiger partial charge is 0.439 e. The average Bonchev–Trinajstić information content (AvgIpc) is 3.40. The molecule has 2 aliphatic rings. The predicted molar refractivity (Wildman–Crippen MR) is 122 cm³/mol. The summed E-state index contributed by atoms with van der Waals surface area (Å²) in [5, 5.41) is 11.7. The van der Waals surface area contributed by atoms with E-state index in [1.807, 2.05) is 47.8 Å². The Hall–Kier alpha value is -4.21. The fourth-order valence-electron chi connectivity index (χ4n) is 4.04. The normalized spacial score (nSPS) is 16.4. The second-order valence-electron chi connectivity index (χ2n) is 7.35. The van der Waals surface area contributed by atoms with Crippen molar-refractivity contribution in [2.75, 3.05) is 0 Å². The average molecular weight is 436 g/mol. The number of nitrogens with zero attached hydrogens (tertiary/aromatic N) is 1. The topological polar surface area (TPSA) is 93.2 Å². The number of carbonyl (C=O) groups excluding carboxylic acids is 2. The van der Waals surface area contributed by atoms with Crippen LogP contribution in [0.4, 0.5) is 0 Å². The minimum atomic E-state index is -1.08. The molecular formula is C26H16N2O3S. The summed E-state index contributed by atoms with van der Waals surface area (Å²) in [6.07, 6.45) is 1.71. The number of hydrogen-bond acceptors (Lipinski definition) is 6. The smallest absolute Gasteiger partial charge is 0.209 e. The molecule has 1 aromatic heterocycles. The predicted octanol–water partition coefficient (Wildman–Crippen LogP) is 4.96. The van der Waals surface area contributed by atoms with Crippen LogP contribution in [0.2, 0.25) is 0 Å². The van der Waals surface area contributed by atoms with Gasteiger partial charge >= 0.3 is 0 Å². The molecule has 0 fully saturated rings. The molecule has 6 heteroatoms. The van der Waals surface area contributed by atoms with Crippen LogP contribution in [0, 0.1) is 17.2 Å². The number of ketones is 2. The number of allylic oxidation sites excluding steroid dienone is 4. The highest BCUT2D eigenvalue weighted by Gasteiger charge is 2.42. The molecule has 0 amide bonds. The summed E-state index contributed by atoms with van der Waals surface area (Å²) in [7, 11) is 0. The van der Waals surface area contributed by atoms with Crippen molar-refractivity contribution in [3.8, 4) is 6.07 Å². The molecule has 154 valence electrons. The van der Waals surface area contributed by atoms with Crippen molar-refractivity contribution in [3.05, 3.63) is 117 Å². The Labute approximate surface area is 188 Å². The maximum atomic E-state index is 13.4. The van der Waals surface area contributed by atoms with Gasteiger partial charge in [0.2, 0.25) is 5.88 Å². The van der Waals surface area contributed by atoms with Crippen molar-refractivity contribution >= 4 is 34.2 Å². The summed E-state index contributed by atoms with van der Waals surface area (Å²) in [5.41, 5.74) is 8.73. The van der Waals surface area contributed by atoms with E-state index in [9.17, 15) is 14.9 Å². The van der Waals surface area contributed by atoms with Gasteiger partial charge in [-0.15, -0.1) is 11.3 Å². The molecule has 1 aliphatic carbocycles. The second kappa shape index (κ2) is 7.80. The Morgan fingerprint density at radius 3 is 2.16 bits per heavy atom. The molecule has 1 aliphatic heterocycles. The minimum Gasteiger partial charge on any atom is -0.439 e. The molecule has 2 heterocycles. The second-order valence-corrected chi connectivity index (χ2v) is 8.29. The van der Waals surface area contributed by atoms with Gasteiger partial charge in [-0.3, -0.25) is 9.59 Å². The summed E-state index contributed by atoms with van der Waals surface area (Å²) < 4.78 is 6.01. The van der Waals surface area contributed by atoms with Gasteiger partial charge in [0.05, 0.1) is 0 Å². The molecule has 0 spiro atoms. The first-order chi connectivity index (χ1) is 15.6. The third-order valence-electron chi connectivity index (χ3n) is 5.52. The molecular weight excluding hydrogens is 420 g/mol. The number of ether oxygens (including phenoxy) is 1. The fraction of sp³-hybridized carbons (Fsp3) is 0.0385. The molecule has 2 aromatic carbocycles. The number of hydrogen-bond donors (Lipinski definition) is 1. The van der Waals surface area contributed by atoms with E-state index in [2.05, 4.69) is 6.07 Å². The first-order valence-electron chi connectivity index (χ1n) is 9.91. The first kappa shape index (κ1) is 19.7. The van der Waals surface area contributed by atoms with Gasteiger partial charge in [0.15, 0.2) is 11.6 Å². The van der Waals surface area contributed by atoms with Crippen LogP contribution in [0.15, 0.2) is 95.2 Å². The van der Waals surface area contributed by atoms with Crippen LogP contribution < -0.4 is 5.73 Å². The van der Waals surface area contributed by atoms with E-state index in [-0.39, 0.29) is 23.0 Å². The monoisotopic (exact) mass is 436 g/mol. The Morgan fingerprint density at radius 1 is 0.906 bits per heavy atom. The van der Waals surface area contributed by atoms with E-state index in [0.717, 1.165) is 4.88 Å². The van der Waals surface area contributed by atoms with Gasteiger partial charge in [-0.25, -0.2) is 0 Å². The van der Waals surface area contributed by atoms with Gasteiger partial charge in [-0.2, -0.15) is 5.26 Å². The lowest BCUT2D eigenvalue weighted by molar-refractivity contribution is 0.0865. The van der Waals surface area contributed by atoms with E-state index in [0.29, 0.717) is 33.6 Å². The Morgan fingerprint density at radius 2 is 1.56 bits per heavy atom. The zero-order valence-corrected chi connectivity index (χ0v) is 17.6. The van der Waals surface area contributed by atoms with Crippen molar-refractivity contribution in [2.45, 2.75) is 0 Å². The SMILES string of the molecule is N#CC1=C(N)OC(c2ccccc2)=C(C2C(=O)c3ccccc3C2=O)C=C1c1cccs1. The summed E-state index contributed by atoms with van der Waals surface area (Å²) in [6.45, 7) is 0. The van der Waals surface area contributed by atoms with E-state index >= 15 is 0 Å². The summed E-state index contributed by atoms with van der Waals surface area (Å²) in [6, 6.07) is 21.8. The number of Topliss-reactive ketones (excluding diaryl/α,β-unsaturated/α-hetero) is 2. The Bertz CT molecular complexity index is 1360. The lowest BCUT2D eigenvalue weighted by Gasteiger charge is -2.16. The molecule has 5 nitrogen and oxygen atoms in total. The van der Waals surface area contributed by atoms with Gasteiger partial charge in [0, 0.05) is 32.7 Å². The number of fused-ring (bicyclic) bond motifs is 1. The van der Waals surface area contributed by atoms with Crippen molar-refractivity contribution in [3.63, 3.8) is 0 Å². The summed E-state index contributed by atoms with van der Waals surface area (Å²) >= 11 is 1.43.